The number of nitrogens with one attached hydrogen (secondary N) is 2. The number of hydrogen-bond donors (Lipinski definition) is 4. The monoisotopic (exact) mass is 676 g/mol. The Balaban J connectivity index is 0.000000261. The number of aliphatic carboxylic acids is 2. The molecule has 0 aliphatic carbocycles. The molecule has 0 bridgehead atoms. The van der Waals surface area contributed by atoms with E-state index in [0.29, 0.717) is 25.4 Å². The number of halogens is 2. The Kier molecular flexibility index (Phi) is 16.5. The van der Waals surface area contributed by atoms with E-state index in [1.165, 1.54) is 11.1 Å². The van der Waals surface area contributed by atoms with Crippen molar-refractivity contribution in [3.63, 3.8) is 0 Å². The zero-order valence-electron chi connectivity index (χ0n) is 27.5. The van der Waals surface area contributed by atoms with Gasteiger partial charge in [-0.1, -0.05) is 37.0 Å². The fraction of sp³-hybridized carbons (Fsp3) is 0.412. The van der Waals surface area contributed by atoms with Gasteiger partial charge >= 0.3 is 11.9 Å². The van der Waals surface area contributed by atoms with Crippen molar-refractivity contribution >= 4 is 56.9 Å². The van der Waals surface area contributed by atoms with E-state index in [1.54, 1.807) is 0 Å². The summed E-state index contributed by atoms with van der Waals surface area (Å²) in [5.41, 5.74) is 4.64. The summed E-state index contributed by atoms with van der Waals surface area (Å²) < 4.78 is 11.4. The number of likely N-dealkylation sites (N-methyl/N-ethyl adjacent to an activating group) is 2. The van der Waals surface area contributed by atoms with Crippen LogP contribution in [0.2, 0.25) is 10.0 Å². The summed E-state index contributed by atoms with van der Waals surface area (Å²) in [5.74, 6) is -0.955. The van der Waals surface area contributed by atoms with E-state index < -0.39 is 11.9 Å². The van der Waals surface area contributed by atoms with Crippen molar-refractivity contribution in [1.29, 1.82) is 0 Å². The van der Waals surface area contributed by atoms with Crippen molar-refractivity contribution in [1.82, 2.24) is 19.8 Å². The van der Waals surface area contributed by atoms with Crippen LogP contribution in [-0.2, 0) is 22.4 Å². The molecule has 252 valence electrons. The van der Waals surface area contributed by atoms with Crippen molar-refractivity contribution in [2.75, 3.05) is 54.5 Å². The number of carboxylic acid groups (broad SMARTS) is 2. The molecule has 4 aromatic rings. The third kappa shape index (κ3) is 12.2. The van der Waals surface area contributed by atoms with Crippen LogP contribution in [0.5, 0.6) is 11.5 Å². The topological polar surface area (TPSA) is 131 Å². The van der Waals surface area contributed by atoms with Gasteiger partial charge < -0.3 is 39.5 Å². The van der Waals surface area contributed by atoms with E-state index >= 15 is 0 Å². The van der Waals surface area contributed by atoms with Crippen molar-refractivity contribution in [3.8, 4) is 11.5 Å². The molecule has 0 aliphatic heterocycles. The molecule has 4 N–H and O–H groups in total. The minimum absolute atomic E-state index is 0.558. The molecule has 2 aromatic heterocycles. The number of hydrogen-bond acceptors (Lipinski definition) is 6. The molecule has 4 rings (SSSR count). The Morgan fingerprint density at radius 2 is 1.09 bits per heavy atom. The first kappa shape index (κ1) is 38.5. The average Bonchev–Trinajstić information content (AvgIpc) is 3.63. The quantitative estimate of drug-likeness (QED) is 0.104. The number of carboxylic acids is 2. The Labute approximate surface area is 280 Å². The van der Waals surface area contributed by atoms with Crippen LogP contribution in [0.3, 0.4) is 0 Å². The van der Waals surface area contributed by atoms with Crippen LogP contribution < -0.4 is 9.47 Å². The van der Waals surface area contributed by atoms with E-state index in [4.69, 9.17) is 42.9 Å². The first-order chi connectivity index (χ1) is 21.9. The molecular formula is C34H46Cl2N4O6. The molecule has 12 heteroatoms. The Morgan fingerprint density at radius 3 is 1.39 bits per heavy atom. The molecule has 10 nitrogen and oxygen atoms in total. The first-order valence-electron chi connectivity index (χ1n) is 15.1. The predicted octanol–water partition coefficient (Wildman–Crippen LogP) is 7.14. The number of benzene rings is 2. The molecule has 0 aliphatic rings. The van der Waals surface area contributed by atoms with E-state index in [1.807, 2.05) is 36.7 Å². The lowest BCUT2D eigenvalue weighted by molar-refractivity contribution is -0.134. The van der Waals surface area contributed by atoms with E-state index in [-0.39, 0.29) is 0 Å². The molecule has 0 saturated carbocycles. The molecule has 0 unspecified atom stereocenters. The molecule has 46 heavy (non-hydrogen) atoms. The maximum Gasteiger partial charge on any atom is 0.328 e. The van der Waals surface area contributed by atoms with Gasteiger partial charge in [0.2, 0.25) is 0 Å². The van der Waals surface area contributed by atoms with Crippen LogP contribution in [0.4, 0.5) is 0 Å². The number of carbonyl (C=O) groups is 2. The van der Waals surface area contributed by atoms with Gasteiger partial charge in [0.25, 0.3) is 0 Å². The molecular weight excluding hydrogens is 631 g/mol. The second-order valence-electron chi connectivity index (χ2n) is 11.0. The van der Waals surface area contributed by atoms with Crippen molar-refractivity contribution in [3.05, 3.63) is 70.0 Å². The van der Waals surface area contributed by atoms with Gasteiger partial charge in [-0.25, -0.2) is 9.59 Å². The third-order valence-electron chi connectivity index (χ3n) is 6.61. The summed E-state index contributed by atoms with van der Waals surface area (Å²) in [6, 6.07) is 7.94. The van der Waals surface area contributed by atoms with Crippen molar-refractivity contribution in [2.24, 2.45) is 0 Å². The number of fused-ring (bicyclic) bond motifs is 2. The van der Waals surface area contributed by atoms with Crippen molar-refractivity contribution < 1.29 is 29.3 Å². The summed E-state index contributed by atoms with van der Waals surface area (Å²) in [5, 5.41) is 19.3. The van der Waals surface area contributed by atoms with E-state index in [2.05, 4.69) is 61.8 Å². The number of ether oxygens (including phenoxy) is 2. The Morgan fingerprint density at radius 1 is 0.717 bits per heavy atom. The lowest BCUT2D eigenvalue weighted by atomic mass is 10.1. The molecule has 0 radical (unpaired) electrons. The molecule has 0 atom stereocenters. The molecule has 0 amide bonds. The summed E-state index contributed by atoms with van der Waals surface area (Å²) in [4.78, 5) is 30.0. The van der Waals surface area contributed by atoms with Gasteiger partial charge in [0.1, 0.15) is 11.5 Å². The van der Waals surface area contributed by atoms with Gasteiger partial charge in [0.05, 0.1) is 23.3 Å². The molecule has 0 spiro atoms. The van der Waals surface area contributed by atoms with E-state index in [0.717, 1.165) is 82.1 Å². The van der Waals surface area contributed by atoms with Crippen LogP contribution in [0, 0.1) is 0 Å². The van der Waals surface area contributed by atoms with Crippen LogP contribution in [0.15, 0.2) is 48.8 Å². The zero-order valence-corrected chi connectivity index (χ0v) is 29.0. The molecule has 0 saturated heterocycles. The second kappa shape index (κ2) is 19.7. The summed E-state index contributed by atoms with van der Waals surface area (Å²) in [6.07, 6.45) is 9.12. The largest absolute Gasteiger partial charge is 0.492 e. The smallest absolute Gasteiger partial charge is 0.328 e. The highest BCUT2D eigenvalue weighted by molar-refractivity contribution is 6.37. The maximum absolute atomic E-state index is 9.55. The second-order valence-corrected chi connectivity index (χ2v) is 11.8. The number of nitrogens with zero attached hydrogens (tertiary/aromatic N) is 2. The van der Waals surface area contributed by atoms with Crippen LogP contribution >= 0.6 is 23.2 Å². The van der Waals surface area contributed by atoms with Gasteiger partial charge in [0, 0.05) is 59.4 Å². The highest BCUT2D eigenvalue weighted by Crippen LogP contribution is 2.36. The highest BCUT2D eigenvalue weighted by Gasteiger charge is 2.14. The van der Waals surface area contributed by atoms with Gasteiger partial charge in [-0.05, 0) is 89.3 Å². The van der Waals surface area contributed by atoms with Crippen LogP contribution in [0.25, 0.3) is 21.8 Å². The highest BCUT2D eigenvalue weighted by atomic mass is 35.5. The average molecular weight is 678 g/mol. The Hall–Kier alpha value is -3.70. The standard InChI is InChI=1S/2C15H21ClN2O.C4H4O4/c2*1-4-9-19-13-6-5-12-14(15(13)16)11(10-17-12)7-8-18(2)3;5-3(6)1-2-4(7)8/h2*5-6,10,17H,4,7-9H2,1-3H3;1-2H,(H,5,6)(H,7,8)/b;;2-1+. The number of H-pyrrole nitrogens is 2. The SMILES string of the molecule is CCCOc1ccc2[nH]cc(CCN(C)C)c2c1Cl.CCCOc1ccc2[nH]cc(CCN(C)C)c2c1Cl.O=C(O)/C=C/C(=O)O. The molecule has 2 aromatic carbocycles. The minimum Gasteiger partial charge on any atom is -0.492 e. The number of aromatic nitrogens is 2. The van der Waals surface area contributed by atoms with Gasteiger partial charge in [-0.15, -0.1) is 0 Å². The van der Waals surface area contributed by atoms with Crippen molar-refractivity contribution in [2.45, 2.75) is 39.5 Å². The lowest BCUT2D eigenvalue weighted by Gasteiger charge is -2.10. The van der Waals surface area contributed by atoms with E-state index in [9.17, 15) is 9.59 Å². The predicted molar refractivity (Wildman–Crippen MR) is 187 cm³/mol. The summed E-state index contributed by atoms with van der Waals surface area (Å²) in [6.45, 7) is 7.58. The van der Waals surface area contributed by atoms with Gasteiger partial charge in [-0.2, -0.15) is 0 Å². The number of aromatic amines is 2. The third-order valence-corrected chi connectivity index (χ3v) is 7.36. The maximum atomic E-state index is 9.55. The summed E-state index contributed by atoms with van der Waals surface area (Å²) >= 11 is 13.0. The normalized spacial score (nSPS) is 11.1. The fourth-order valence-electron chi connectivity index (χ4n) is 4.33. The van der Waals surface area contributed by atoms with Gasteiger partial charge in [0.15, 0.2) is 0 Å². The lowest BCUT2D eigenvalue weighted by Crippen LogP contribution is -2.14. The number of rotatable bonds is 14. The minimum atomic E-state index is -1.26. The van der Waals surface area contributed by atoms with Gasteiger partial charge in [-0.3, -0.25) is 0 Å². The first-order valence-corrected chi connectivity index (χ1v) is 15.9. The molecule has 2 heterocycles. The molecule has 0 fully saturated rings. The van der Waals surface area contributed by atoms with Crippen LogP contribution in [-0.4, -0.2) is 96.4 Å². The van der Waals surface area contributed by atoms with Crippen LogP contribution in [0.1, 0.15) is 37.8 Å². The zero-order chi connectivity index (χ0) is 34.2. The summed E-state index contributed by atoms with van der Waals surface area (Å²) in [7, 11) is 8.30. The fourth-order valence-corrected chi connectivity index (χ4v) is 5.01. The Bertz CT molecular complexity index is 1460.